The Labute approximate surface area is 505 Å². The summed E-state index contributed by atoms with van der Waals surface area (Å²) < 4.78 is 144. The number of hydrogen-bond acceptors (Lipinski definition) is 14. The number of sulfonamides is 2. The SMILES string of the molecule is COCN(c1cc(C)cnc1Br)S(=O)(=O)c1ccc(Cl)c(C(F)(F)F)c1.COCN(c1cc(C)cnc1C(O)c1cc([N+](=O)[O-])ccc1Cl)S(=O)(=O)c1ccc(Cl)c(C(F)(F)F)c1.C[CH-]C.O=Cc1cc([N+](=O)[O-])ccc1Cl.[Cl-].[Mg+2]. The van der Waals surface area contributed by atoms with Gasteiger partial charge < -0.3 is 33.4 Å². The first-order valence-corrected chi connectivity index (χ1v) is 26.5. The van der Waals surface area contributed by atoms with Gasteiger partial charge in [0.15, 0.2) is 6.29 Å². The van der Waals surface area contributed by atoms with Gasteiger partial charge in [0.05, 0.1) is 62.9 Å². The average Bonchev–Trinajstić information content (AvgIpc) is 3.35. The van der Waals surface area contributed by atoms with Crippen molar-refractivity contribution < 1.29 is 84.8 Å². The number of nitro benzene ring substituents is 2. The summed E-state index contributed by atoms with van der Waals surface area (Å²) in [6, 6.07) is 14.3. The van der Waals surface area contributed by atoms with Gasteiger partial charge in [-0.2, -0.15) is 40.2 Å². The summed E-state index contributed by atoms with van der Waals surface area (Å²) in [7, 11) is -6.70. The summed E-state index contributed by atoms with van der Waals surface area (Å²) in [5.74, 6) is 0. The van der Waals surface area contributed by atoms with E-state index in [4.69, 9.17) is 55.9 Å². The largest absolute Gasteiger partial charge is 2.00 e. The number of carbonyl (C=O) groups excluding carboxylic acids is 1. The van der Waals surface area contributed by atoms with Crippen LogP contribution in [0.25, 0.3) is 0 Å². The fourth-order valence-corrected chi connectivity index (χ4v) is 10.4. The summed E-state index contributed by atoms with van der Waals surface area (Å²) in [6.07, 6.45) is -6.19. The molecule has 0 aliphatic rings. The second-order valence-electron chi connectivity index (χ2n) is 15.6. The van der Waals surface area contributed by atoms with Gasteiger partial charge >= 0.3 is 35.4 Å². The molecule has 2 heterocycles. The molecule has 0 aliphatic heterocycles. The molecule has 80 heavy (non-hydrogen) atoms. The zero-order chi connectivity index (χ0) is 59.2. The second kappa shape index (κ2) is 31.7. The quantitative estimate of drug-likeness (QED) is 0.0147. The molecule has 0 fully saturated rings. The van der Waals surface area contributed by atoms with Crippen molar-refractivity contribution >= 4 is 134 Å². The smallest absolute Gasteiger partial charge is 1.00 e. The van der Waals surface area contributed by atoms with Crippen LogP contribution in [0.15, 0.2) is 112 Å². The number of rotatable bonds is 15. The normalized spacial score (nSPS) is 11.6. The molecule has 0 saturated carbocycles. The first-order chi connectivity index (χ1) is 36.2. The maximum absolute atomic E-state index is 13.6. The first-order valence-electron chi connectivity index (χ1n) is 21.3. The van der Waals surface area contributed by atoms with E-state index in [1.807, 2.05) is 20.3 Å². The number of hydrogen-bond donors (Lipinski definition) is 1. The van der Waals surface area contributed by atoms with Crippen molar-refractivity contribution in [3.05, 3.63) is 188 Å². The molecule has 6 rings (SSSR count). The third kappa shape index (κ3) is 19.2. The monoisotopic (exact) mass is 1340 g/mol. The summed E-state index contributed by atoms with van der Waals surface area (Å²) in [4.78, 5) is 37.2. The minimum atomic E-state index is -4.93. The zero-order valence-electron chi connectivity index (χ0n) is 42.1. The Hall–Kier alpha value is -4.69. The molecule has 1 atom stereocenters. The number of carbonyl (C=O) groups is 1. The number of nitro groups is 2. The molecule has 6 aromatic rings. The third-order valence-corrected chi connectivity index (χ3v) is 15.2. The molecule has 0 radical (unpaired) electrons. The number of aryl methyl sites for hydroxylation is 2. The maximum Gasteiger partial charge on any atom is 2.00 e. The van der Waals surface area contributed by atoms with E-state index in [0.29, 0.717) is 33.9 Å². The van der Waals surface area contributed by atoms with Crippen LogP contribution >= 0.6 is 62.3 Å². The van der Waals surface area contributed by atoms with E-state index in [1.165, 1.54) is 49.8 Å². The van der Waals surface area contributed by atoms with E-state index in [9.17, 15) is 73.3 Å². The van der Waals surface area contributed by atoms with Crippen LogP contribution in [0.1, 0.15) is 63.8 Å². The molecule has 1 unspecified atom stereocenters. The van der Waals surface area contributed by atoms with Crippen LogP contribution in [-0.4, -0.2) is 98.8 Å². The summed E-state index contributed by atoms with van der Waals surface area (Å²) in [5, 5.41) is 31.4. The first kappa shape index (κ1) is 73.3. The average molecular weight is 1340 g/mol. The molecule has 430 valence electrons. The fourth-order valence-electron chi connectivity index (χ4n) is 6.21. The number of benzene rings is 4. The van der Waals surface area contributed by atoms with Gasteiger partial charge in [0, 0.05) is 67.0 Å². The molecule has 0 bridgehead atoms. The molecular weight excluding hydrogens is 1300 g/mol. The Morgan fingerprint density at radius 3 is 1.49 bits per heavy atom. The van der Waals surface area contributed by atoms with Crippen LogP contribution in [0, 0.1) is 40.5 Å². The van der Waals surface area contributed by atoms with E-state index in [1.54, 1.807) is 13.8 Å². The van der Waals surface area contributed by atoms with E-state index in [-0.39, 0.29) is 84.0 Å². The number of methoxy groups -OCH3 is 2. The number of anilines is 2. The predicted octanol–water partition coefficient (Wildman–Crippen LogP) is 10.0. The van der Waals surface area contributed by atoms with Crippen molar-refractivity contribution in [1.82, 2.24) is 9.97 Å². The van der Waals surface area contributed by atoms with E-state index in [2.05, 4.69) is 25.9 Å². The van der Waals surface area contributed by atoms with Gasteiger partial charge in [-0.05, 0) is 102 Å². The van der Waals surface area contributed by atoms with E-state index < -0.39 is 98.5 Å². The Bertz CT molecular complexity index is 3380. The van der Waals surface area contributed by atoms with Crippen LogP contribution in [0.3, 0.4) is 0 Å². The van der Waals surface area contributed by atoms with Crippen LogP contribution in [0.4, 0.5) is 49.1 Å². The predicted molar refractivity (Wildman–Crippen MR) is 289 cm³/mol. The molecule has 33 heteroatoms. The zero-order valence-corrected chi connectivity index (χ0v) is 50.5. The molecule has 0 saturated heterocycles. The topological polar surface area (TPSA) is 243 Å². The van der Waals surface area contributed by atoms with Gasteiger partial charge in [0.2, 0.25) is 0 Å². The second-order valence-corrected chi connectivity index (χ2v) is 21.7. The molecule has 0 aliphatic carbocycles. The van der Waals surface area contributed by atoms with Gasteiger partial charge in [-0.25, -0.2) is 30.4 Å². The van der Waals surface area contributed by atoms with Gasteiger partial charge in [0.25, 0.3) is 31.4 Å². The van der Waals surface area contributed by atoms with Crippen molar-refractivity contribution in [2.75, 3.05) is 36.3 Å². The number of ether oxygens (including phenoxy) is 2. The number of alkyl halides is 6. The van der Waals surface area contributed by atoms with Crippen molar-refractivity contribution in [3.8, 4) is 0 Å². The number of nitrogens with zero attached hydrogens (tertiary/aromatic N) is 6. The van der Waals surface area contributed by atoms with E-state index >= 15 is 0 Å². The van der Waals surface area contributed by atoms with Gasteiger partial charge in [-0.1, -0.05) is 46.4 Å². The fraction of sp³-hybridized carbons (Fsp3) is 0.234. The third-order valence-electron chi connectivity index (χ3n) is 9.75. The summed E-state index contributed by atoms with van der Waals surface area (Å²) in [5.41, 5.74) is -2.46. The Balaban J connectivity index is 0.000000644. The molecule has 0 amide bonds. The number of aldehydes is 1. The van der Waals surface area contributed by atoms with Crippen LogP contribution in [-0.2, 0) is 41.9 Å². The standard InChI is InChI=1S/C22H18Cl2F3N3O6S.C15H13BrClF3N2O3S.C7H4ClNO3.C3H7.ClH.Mg/c1-12-7-19(20(28-10-12)21(31)15-8-13(30(32)33)3-5-17(15)23)29(11-36-2)37(34,35)14-4-6-18(24)16(9-14)22(25,26)27;1-9-5-13(14(16)21-7-9)22(8-25-2)26(23,24)10-3-4-12(17)11(6-10)15(18,19)20;8-7-2-1-6(9(11)12)3-5(7)4-10;1-3-2;;/h3-10,21,31H,11H2,1-2H3;3-7H,8H2,1-2H3;1-4H;3H,1-2H3;1H;/q;;;-1;;+2/p-1. The number of non-ortho nitro benzene ring substituents is 2. The van der Waals surface area contributed by atoms with Gasteiger partial charge in [0.1, 0.15) is 24.2 Å². The van der Waals surface area contributed by atoms with Crippen LogP contribution in [0.2, 0.25) is 20.1 Å². The van der Waals surface area contributed by atoms with Crippen molar-refractivity contribution in [2.45, 2.75) is 55.9 Å². The van der Waals surface area contributed by atoms with Gasteiger partial charge in [-0.15, -0.1) is 0 Å². The van der Waals surface area contributed by atoms with Crippen LogP contribution in [0.5, 0.6) is 0 Å². The Kier molecular flexibility index (Phi) is 29.0. The molecule has 18 nitrogen and oxygen atoms in total. The minimum Gasteiger partial charge on any atom is -1.00 e. The Morgan fingerprint density at radius 2 is 1.07 bits per heavy atom. The van der Waals surface area contributed by atoms with E-state index in [0.717, 1.165) is 53.9 Å². The number of halogens is 12. The van der Waals surface area contributed by atoms with Crippen LogP contribution < -0.4 is 21.0 Å². The molecule has 4 aromatic carbocycles. The number of aliphatic hydroxyl groups is 1. The Morgan fingerprint density at radius 1 is 0.688 bits per heavy atom. The van der Waals surface area contributed by atoms with Crippen molar-refractivity contribution in [2.24, 2.45) is 0 Å². The minimum absolute atomic E-state index is 0. The summed E-state index contributed by atoms with van der Waals surface area (Å²) >= 11 is 26.0. The molecular formula is C47H42BrCl5F6MgN6O12S2. The summed E-state index contributed by atoms with van der Waals surface area (Å²) in [6.45, 7) is 6.16. The number of aromatic nitrogens is 2. The van der Waals surface area contributed by atoms with Gasteiger partial charge in [-0.3, -0.25) is 30.0 Å². The number of pyridine rings is 2. The van der Waals surface area contributed by atoms with Crippen molar-refractivity contribution in [1.29, 1.82) is 0 Å². The molecule has 2 aromatic heterocycles. The molecule has 0 spiro atoms. The van der Waals surface area contributed by atoms with Crippen molar-refractivity contribution in [3.63, 3.8) is 0 Å². The maximum atomic E-state index is 13.6. The molecule has 1 N–H and O–H groups in total. The number of aliphatic hydroxyl groups excluding tert-OH is 1.